The van der Waals surface area contributed by atoms with Gasteiger partial charge < -0.3 is 4.90 Å². The third kappa shape index (κ3) is 2.66. The Kier molecular flexibility index (Phi) is 3.67. The summed E-state index contributed by atoms with van der Waals surface area (Å²) >= 11 is 0. The molecule has 5 heteroatoms. The van der Waals surface area contributed by atoms with Crippen LogP contribution in [-0.4, -0.2) is 38.8 Å². The number of likely N-dealkylation sites (tertiary alicyclic amines) is 1. The van der Waals surface area contributed by atoms with Crippen LogP contribution in [0.25, 0.3) is 0 Å². The quantitative estimate of drug-likeness (QED) is 0.834. The molecular formula is C15H16N4O. The summed E-state index contributed by atoms with van der Waals surface area (Å²) in [7, 11) is 0. The normalized spacial score (nSPS) is 18.8. The number of aromatic nitrogens is 3. The Morgan fingerprint density at radius 3 is 2.75 bits per heavy atom. The molecule has 1 aliphatic rings. The van der Waals surface area contributed by atoms with Crippen LogP contribution >= 0.6 is 0 Å². The van der Waals surface area contributed by atoms with E-state index in [0.717, 1.165) is 25.9 Å². The largest absolute Gasteiger partial charge is 0.337 e. The zero-order valence-corrected chi connectivity index (χ0v) is 11.1. The molecule has 1 unspecified atom stereocenters. The predicted molar refractivity (Wildman–Crippen MR) is 74.1 cm³/mol. The molecule has 0 radical (unpaired) electrons. The lowest BCUT2D eigenvalue weighted by atomic mass is 9.91. The molecule has 2 aromatic heterocycles. The number of piperidine rings is 1. The number of rotatable bonds is 2. The molecule has 0 spiro atoms. The standard InChI is InChI=1S/C15H16N4O/c20-15(14-10-17-7-8-18-14)19-9-1-2-13(11-19)12-3-5-16-6-4-12/h3-8,10,13H,1-2,9,11H2. The van der Waals surface area contributed by atoms with E-state index < -0.39 is 0 Å². The molecule has 1 amide bonds. The van der Waals surface area contributed by atoms with Crippen molar-refractivity contribution in [1.29, 1.82) is 0 Å². The van der Waals surface area contributed by atoms with Gasteiger partial charge in [0.15, 0.2) is 0 Å². The first-order valence-electron chi connectivity index (χ1n) is 6.80. The number of carbonyl (C=O) groups excluding carboxylic acids is 1. The maximum atomic E-state index is 12.4. The van der Waals surface area contributed by atoms with E-state index in [1.54, 1.807) is 24.8 Å². The van der Waals surface area contributed by atoms with E-state index in [9.17, 15) is 4.79 Å². The number of pyridine rings is 1. The molecule has 3 rings (SSSR count). The number of carbonyl (C=O) groups is 1. The Morgan fingerprint density at radius 1 is 1.15 bits per heavy atom. The first-order chi connectivity index (χ1) is 9.84. The first kappa shape index (κ1) is 12.7. The third-order valence-corrected chi connectivity index (χ3v) is 3.67. The van der Waals surface area contributed by atoms with E-state index in [2.05, 4.69) is 15.0 Å². The van der Waals surface area contributed by atoms with Crippen LogP contribution in [0.5, 0.6) is 0 Å². The number of amides is 1. The van der Waals surface area contributed by atoms with Crippen LogP contribution in [0.1, 0.15) is 34.8 Å². The summed E-state index contributed by atoms with van der Waals surface area (Å²) in [4.78, 5) is 26.4. The molecule has 3 heterocycles. The van der Waals surface area contributed by atoms with Crippen LogP contribution in [-0.2, 0) is 0 Å². The highest BCUT2D eigenvalue weighted by Gasteiger charge is 2.26. The summed E-state index contributed by atoms with van der Waals surface area (Å²) < 4.78 is 0. The minimum absolute atomic E-state index is 0.0307. The topological polar surface area (TPSA) is 59.0 Å². The van der Waals surface area contributed by atoms with Crippen molar-refractivity contribution in [2.75, 3.05) is 13.1 Å². The molecular weight excluding hydrogens is 252 g/mol. The number of nitrogens with zero attached hydrogens (tertiary/aromatic N) is 4. The zero-order chi connectivity index (χ0) is 13.8. The highest BCUT2D eigenvalue weighted by Crippen LogP contribution is 2.26. The summed E-state index contributed by atoms with van der Waals surface area (Å²) in [6.07, 6.45) is 10.4. The van der Waals surface area contributed by atoms with Gasteiger partial charge in [0.25, 0.3) is 5.91 Å². The van der Waals surface area contributed by atoms with Crippen LogP contribution in [0.3, 0.4) is 0 Å². The summed E-state index contributed by atoms with van der Waals surface area (Å²) in [5, 5.41) is 0. The van der Waals surface area contributed by atoms with Crippen LogP contribution in [0, 0.1) is 0 Å². The molecule has 0 aliphatic carbocycles. The average Bonchev–Trinajstić information content (AvgIpc) is 2.56. The SMILES string of the molecule is O=C(c1cnccn1)N1CCCC(c2ccncc2)C1. The van der Waals surface area contributed by atoms with Crippen molar-refractivity contribution in [3.05, 3.63) is 54.4 Å². The fourth-order valence-electron chi connectivity index (χ4n) is 2.64. The fraction of sp³-hybridized carbons (Fsp3) is 0.333. The monoisotopic (exact) mass is 268 g/mol. The Morgan fingerprint density at radius 2 is 2.00 bits per heavy atom. The van der Waals surface area contributed by atoms with Crippen molar-refractivity contribution >= 4 is 5.91 Å². The van der Waals surface area contributed by atoms with Crippen LogP contribution in [0.15, 0.2) is 43.1 Å². The summed E-state index contributed by atoms with van der Waals surface area (Å²) in [6, 6.07) is 4.06. The molecule has 0 N–H and O–H groups in total. The molecule has 1 atom stereocenters. The van der Waals surface area contributed by atoms with Gasteiger partial charge in [-0.15, -0.1) is 0 Å². The van der Waals surface area contributed by atoms with Gasteiger partial charge in [-0.05, 0) is 30.5 Å². The lowest BCUT2D eigenvalue weighted by Crippen LogP contribution is -2.39. The molecule has 0 saturated carbocycles. The second-order valence-corrected chi connectivity index (χ2v) is 4.96. The first-order valence-corrected chi connectivity index (χ1v) is 6.80. The van der Waals surface area contributed by atoms with Gasteiger partial charge in [0.05, 0.1) is 6.20 Å². The zero-order valence-electron chi connectivity index (χ0n) is 11.1. The lowest BCUT2D eigenvalue weighted by molar-refractivity contribution is 0.0700. The van der Waals surface area contributed by atoms with Gasteiger partial charge >= 0.3 is 0 Å². The number of hydrogen-bond acceptors (Lipinski definition) is 4. The highest BCUT2D eigenvalue weighted by atomic mass is 16.2. The minimum atomic E-state index is -0.0307. The Bertz CT molecular complexity index is 573. The van der Waals surface area contributed by atoms with Crippen molar-refractivity contribution in [1.82, 2.24) is 19.9 Å². The molecule has 5 nitrogen and oxygen atoms in total. The van der Waals surface area contributed by atoms with Crippen molar-refractivity contribution in [2.45, 2.75) is 18.8 Å². The summed E-state index contributed by atoms with van der Waals surface area (Å²) in [5.41, 5.74) is 1.67. The Labute approximate surface area is 117 Å². The minimum Gasteiger partial charge on any atom is -0.337 e. The lowest BCUT2D eigenvalue weighted by Gasteiger charge is -2.32. The van der Waals surface area contributed by atoms with Gasteiger partial charge in [-0.1, -0.05) is 0 Å². The molecule has 0 aromatic carbocycles. The second kappa shape index (κ2) is 5.77. The van der Waals surface area contributed by atoms with E-state index in [-0.39, 0.29) is 5.91 Å². The van der Waals surface area contributed by atoms with Gasteiger partial charge in [0, 0.05) is 43.8 Å². The van der Waals surface area contributed by atoms with Crippen molar-refractivity contribution in [3.63, 3.8) is 0 Å². The fourth-order valence-corrected chi connectivity index (χ4v) is 2.64. The number of hydrogen-bond donors (Lipinski definition) is 0. The van der Waals surface area contributed by atoms with E-state index in [1.165, 1.54) is 11.8 Å². The molecule has 1 aliphatic heterocycles. The smallest absolute Gasteiger partial charge is 0.274 e. The van der Waals surface area contributed by atoms with Crippen molar-refractivity contribution in [3.8, 4) is 0 Å². The van der Waals surface area contributed by atoms with E-state index in [0.29, 0.717) is 11.6 Å². The molecule has 0 bridgehead atoms. The van der Waals surface area contributed by atoms with Gasteiger partial charge in [-0.2, -0.15) is 0 Å². The van der Waals surface area contributed by atoms with Gasteiger partial charge in [0.1, 0.15) is 5.69 Å². The molecule has 102 valence electrons. The van der Waals surface area contributed by atoms with Crippen LogP contribution in [0.2, 0.25) is 0 Å². The second-order valence-electron chi connectivity index (χ2n) is 4.96. The highest BCUT2D eigenvalue weighted by molar-refractivity contribution is 5.92. The maximum Gasteiger partial charge on any atom is 0.274 e. The van der Waals surface area contributed by atoms with Gasteiger partial charge in [0.2, 0.25) is 0 Å². The van der Waals surface area contributed by atoms with Crippen molar-refractivity contribution < 1.29 is 4.79 Å². The predicted octanol–water partition coefficient (Wildman–Crippen LogP) is 1.89. The Balaban J connectivity index is 1.74. The summed E-state index contributed by atoms with van der Waals surface area (Å²) in [5.74, 6) is 0.351. The van der Waals surface area contributed by atoms with E-state index >= 15 is 0 Å². The maximum absolute atomic E-state index is 12.4. The molecule has 1 fully saturated rings. The molecule has 20 heavy (non-hydrogen) atoms. The summed E-state index contributed by atoms with van der Waals surface area (Å²) in [6.45, 7) is 1.52. The van der Waals surface area contributed by atoms with Gasteiger partial charge in [-0.3, -0.25) is 14.8 Å². The average molecular weight is 268 g/mol. The molecule has 1 saturated heterocycles. The van der Waals surface area contributed by atoms with Crippen molar-refractivity contribution in [2.24, 2.45) is 0 Å². The van der Waals surface area contributed by atoms with E-state index in [1.807, 2.05) is 17.0 Å². The Hall–Kier alpha value is -2.30. The molecule has 2 aromatic rings. The third-order valence-electron chi connectivity index (χ3n) is 3.67. The van der Waals surface area contributed by atoms with E-state index in [4.69, 9.17) is 0 Å². The van der Waals surface area contributed by atoms with Crippen LogP contribution < -0.4 is 0 Å². The van der Waals surface area contributed by atoms with Gasteiger partial charge in [-0.25, -0.2) is 4.98 Å². The van der Waals surface area contributed by atoms with Crippen LogP contribution in [0.4, 0.5) is 0 Å².